The van der Waals surface area contributed by atoms with Crippen LogP contribution < -0.4 is 5.73 Å². The van der Waals surface area contributed by atoms with Crippen LogP contribution >= 0.6 is 0 Å². The van der Waals surface area contributed by atoms with E-state index < -0.39 is 0 Å². The second-order valence-corrected chi connectivity index (χ2v) is 4.83. The minimum Gasteiger partial charge on any atom is -0.398 e. The standard InChI is InChI=1S/C17H19NO2/c1-12-6-7-15(14(10-12)11-19)16-5-3-4-13(17(16)18)8-9-20-2/h3-7,10-11H,8-9,18H2,1-2H3. The summed E-state index contributed by atoms with van der Waals surface area (Å²) in [6, 6.07) is 11.7. The Kier molecular flexibility index (Phi) is 4.53. The highest BCUT2D eigenvalue weighted by Gasteiger charge is 2.10. The van der Waals surface area contributed by atoms with Gasteiger partial charge in [0.1, 0.15) is 0 Å². The van der Waals surface area contributed by atoms with E-state index >= 15 is 0 Å². The van der Waals surface area contributed by atoms with E-state index in [2.05, 4.69) is 0 Å². The van der Waals surface area contributed by atoms with Crippen molar-refractivity contribution in [1.29, 1.82) is 0 Å². The minimum absolute atomic E-state index is 0.627. The quantitative estimate of drug-likeness (QED) is 0.669. The lowest BCUT2D eigenvalue weighted by atomic mass is 9.94. The molecule has 2 N–H and O–H groups in total. The Morgan fingerprint density at radius 1 is 1.20 bits per heavy atom. The number of rotatable bonds is 5. The van der Waals surface area contributed by atoms with Gasteiger partial charge in [0.05, 0.1) is 6.61 Å². The van der Waals surface area contributed by atoms with Gasteiger partial charge in [-0.1, -0.05) is 35.9 Å². The average Bonchev–Trinajstić information content (AvgIpc) is 2.46. The van der Waals surface area contributed by atoms with Crippen LogP contribution in [0.3, 0.4) is 0 Å². The molecule has 0 unspecified atom stereocenters. The van der Waals surface area contributed by atoms with Crippen LogP contribution in [-0.4, -0.2) is 20.0 Å². The van der Waals surface area contributed by atoms with E-state index in [-0.39, 0.29) is 0 Å². The highest BCUT2D eigenvalue weighted by Crippen LogP contribution is 2.31. The van der Waals surface area contributed by atoms with Crippen molar-refractivity contribution in [3.8, 4) is 11.1 Å². The minimum atomic E-state index is 0.627. The number of nitrogen functional groups attached to an aromatic ring is 1. The van der Waals surface area contributed by atoms with Crippen molar-refractivity contribution >= 4 is 12.0 Å². The Hall–Kier alpha value is -2.13. The average molecular weight is 269 g/mol. The van der Waals surface area contributed by atoms with Gasteiger partial charge in [0.2, 0.25) is 0 Å². The Morgan fingerprint density at radius 2 is 2.00 bits per heavy atom. The van der Waals surface area contributed by atoms with Gasteiger partial charge in [-0.2, -0.15) is 0 Å². The molecule has 0 radical (unpaired) electrons. The van der Waals surface area contributed by atoms with E-state index in [4.69, 9.17) is 10.5 Å². The van der Waals surface area contributed by atoms with E-state index in [1.165, 1.54) is 0 Å². The van der Waals surface area contributed by atoms with Crippen molar-refractivity contribution in [2.75, 3.05) is 19.5 Å². The molecule has 0 spiro atoms. The van der Waals surface area contributed by atoms with Crippen molar-refractivity contribution in [3.63, 3.8) is 0 Å². The molecule has 2 rings (SSSR count). The van der Waals surface area contributed by atoms with Gasteiger partial charge in [-0.15, -0.1) is 0 Å². The van der Waals surface area contributed by atoms with E-state index in [1.54, 1.807) is 7.11 Å². The molecule has 0 aliphatic heterocycles. The largest absolute Gasteiger partial charge is 0.398 e. The van der Waals surface area contributed by atoms with Gasteiger partial charge in [-0.05, 0) is 30.5 Å². The summed E-state index contributed by atoms with van der Waals surface area (Å²) in [4.78, 5) is 11.3. The molecule has 0 aliphatic carbocycles. The number of hydrogen-bond acceptors (Lipinski definition) is 3. The summed E-state index contributed by atoms with van der Waals surface area (Å²) < 4.78 is 5.10. The predicted octanol–water partition coefficient (Wildman–Crippen LogP) is 3.25. The number of ether oxygens (including phenoxy) is 1. The van der Waals surface area contributed by atoms with E-state index in [9.17, 15) is 4.79 Å². The predicted molar refractivity (Wildman–Crippen MR) is 82.0 cm³/mol. The molecule has 0 heterocycles. The number of hydrogen-bond donors (Lipinski definition) is 1. The number of methoxy groups -OCH3 is 1. The Labute approximate surface area is 119 Å². The molecule has 0 amide bonds. The second-order valence-electron chi connectivity index (χ2n) is 4.83. The number of benzene rings is 2. The van der Waals surface area contributed by atoms with Crippen molar-refractivity contribution in [3.05, 3.63) is 53.1 Å². The van der Waals surface area contributed by atoms with Crippen LogP contribution in [0.4, 0.5) is 5.69 Å². The van der Waals surface area contributed by atoms with E-state index in [0.717, 1.165) is 40.6 Å². The monoisotopic (exact) mass is 269 g/mol. The Morgan fingerprint density at radius 3 is 2.70 bits per heavy atom. The fourth-order valence-electron chi connectivity index (χ4n) is 2.30. The van der Waals surface area contributed by atoms with Crippen LogP contribution in [0.15, 0.2) is 36.4 Å². The first-order chi connectivity index (χ1) is 9.67. The molecule has 20 heavy (non-hydrogen) atoms. The van der Waals surface area contributed by atoms with Gasteiger partial charge >= 0.3 is 0 Å². The number of carbonyl (C=O) groups is 1. The number of aldehydes is 1. The Bertz CT molecular complexity index is 620. The van der Waals surface area contributed by atoms with Crippen LogP contribution in [-0.2, 0) is 11.2 Å². The molecular formula is C17H19NO2. The fraction of sp³-hybridized carbons (Fsp3) is 0.235. The molecule has 0 aromatic heterocycles. The molecule has 3 nitrogen and oxygen atoms in total. The van der Waals surface area contributed by atoms with Crippen LogP contribution in [0.25, 0.3) is 11.1 Å². The van der Waals surface area contributed by atoms with Gasteiger partial charge in [-0.3, -0.25) is 4.79 Å². The van der Waals surface area contributed by atoms with Gasteiger partial charge in [-0.25, -0.2) is 0 Å². The van der Waals surface area contributed by atoms with Crippen molar-refractivity contribution < 1.29 is 9.53 Å². The van der Waals surface area contributed by atoms with Crippen molar-refractivity contribution in [2.24, 2.45) is 0 Å². The third-order valence-electron chi connectivity index (χ3n) is 3.40. The highest BCUT2D eigenvalue weighted by atomic mass is 16.5. The van der Waals surface area contributed by atoms with E-state index in [1.807, 2.05) is 43.3 Å². The summed E-state index contributed by atoms with van der Waals surface area (Å²) in [5.41, 5.74) is 11.5. The van der Waals surface area contributed by atoms with Gasteiger partial charge < -0.3 is 10.5 Å². The molecular weight excluding hydrogens is 250 g/mol. The lowest BCUT2D eigenvalue weighted by Crippen LogP contribution is -2.02. The van der Waals surface area contributed by atoms with Crippen molar-refractivity contribution in [1.82, 2.24) is 0 Å². The zero-order valence-corrected chi connectivity index (χ0v) is 11.8. The first-order valence-corrected chi connectivity index (χ1v) is 6.60. The van der Waals surface area contributed by atoms with Gasteiger partial charge in [0.25, 0.3) is 0 Å². The number of carbonyl (C=O) groups excluding carboxylic acids is 1. The summed E-state index contributed by atoms with van der Waals surface area (Å²) in [6.07, 6.45) is 1.64. The first kappa shape index (κ1) is 14.3. The smallest absolute Gasteiger partial charge is 0.150 e. The molecule has 0 atom stereocenters. The van der Waals surface area contributed by atoms with Crippen LogP contribution in [0.5, 0.6) is 0 Å². The zero-order valence-electron chi connectivity index (χ0n) is 11.8. The molecule has 0 aliphatic rings. The van der Waals surface area contributed by atoms with Crippen LogP contribution in [0, 0.1) is 6.92 Å². The molecule has 2 aromatic rings. The SMILES string of the molecule is COCCc1cccc(-c2ccc(C)cc2C=O)c1N. The Balaban J connectivity index is 2.50. The number of para-hydroxylation sites is 1. The molecule has 0 saturated carbocycles. The topological polar surface area (TPSA) is 52.3 Å². The molecule has 0 fully saturated rings. The highest BCUT2D eigenvalue weighted by molar-refractivity contribution is 5.92. The number of anilines is 1. The van der Waals surface area contributed by atoms with Crippen LogP contribution in [0.2, 0.25) is 0 Å². The number of aryl methyl sites for hydroxylation is 1. The maximum Gasteiger partial charge on any atom is 0.150 e. The lowest BCUT2D eigenvalue weighted by Gasteiger charge is -2.13. The molecule has 0 bridgehead atoms. The fourth-order valence-corrected chi connectivity index (χ4v) is 2.30. The lowest BCUT2D eigenvalue weighted by molar-refractivity contribution is 0.112. The van der Waals surface area contributed by atoms with Crippen LogP contribution in [0.1, 0.15) is 21.5 Å². The summed E-state index contributed by atoms with van der Waals surface area (Å²) >= 11 is 0. The molecule has 3 heteroatoms. The first-order valence-electron chi connectivity index (χ1n) is 6.60. The van der Waals surface area contributed by atoms with Gasteiger partial charge in [0.15, 0.2) is 6.29 Å². The zero-order chi connectivity index (χ0) is 14.5. The number of nitrogens with two attached hydrogens (primary N) is 1. The van der Waals surface area contributed by atoms with Gasteiger partial charge in [0, 0.05) is 23.9 Å². The normalized spacial score (nSPS) is 10.5. The maximum absolute atomic E-state index is 11.3. The summed E-state index contributed by atoms with van der Waals surface area (Å²) in [7, 11) is 1.67. The third kappa shape index (κ3) is 2.89. The summed E-state index contributed by atoms with van der Waals surface area (Å²) in [5, 5.41) is 0. The van der Waals surface area contributed by atoms with Crippen molar-refractivity contribution in [2.45, 2.75) is 13.3 Å². The second kappa shape index (κ2) is 6.35. The molecule has 2 aromatic carbocycles. The summed E-state index contributed by atoms with van der Waals surface area (Å²) in [6.45, 7) is 2.59. The third-order valence-corrected chi connectivity index (χ3v) is 3.40. The molecule has 0 saturated heterocycles. The maximum atomic E-state index is 11.3. The van der Waals surface area contributed by atoms with E-state index in [0.29, 0.717) is 12.2 Å². The molecule has 104 valence electrons. The summed E-state index contributed by atoms with van der Waals surface area (Å²) in [5.74, 6) is 0.